The lowest BCUT2D eigenvalue weighted by atomic mass is 9.96. The van der Waals surface area contributed by atoms with Crippen molar-refractivity contribution in [1.82, 2.24) is 24.6 Å². The van der Waals surface area contributed by atoms with E-state index in [2.05, 4.69) is 25.3 Å². The van der Waals surface area contributed by atoms with Crippen LogP contribution in [0.1, 0.15) is 41.0 Å². The molecule has 0 saturated carbocycles. The molecule has 2 aliphatic heterocycles. The van der Waals surface area contributed by atoms with Crippen LogP contribution in [0.25, 0.3) is 5.69 Å². The predicted molar refractivity (Wildman–Crippen MR) is 110 cm³/mol. The van der Waals surface area contributed by atoms with Gasteiger partial charge in [0, 0.05) is 29.8 Å². The van der Waals surface area contributed by atoms with Crippen LogP contribution >= 0.6 is 0 Å². The average molecular weight is 388 g/mol. The van der Waals surface area contributed by atoms with Crippen LogP contribution in [0.2, 0.25) is 0 Å². The van der Waals surface area contributed by atoms with Gasteiger partial charge in [-0.05, 0) is 57.4 Å². The molecule has 4 heterocycles. The van der Waals surface area contributed by atoms with Gasteiger partial charge in [-0.25, -0.2) is 14.6 Å². The topological polar surface area (TPSA) is 75.9 Å². The number of aryl methyl sites for hydroxylation is 2. The second kappa shape index (κ2) is 6.99. The van der Waals surface area contributed by atoms with Crippen molar-refractivity contribution in [3.63, 3.8) is 0 Å². The number of amides is 1. The molecular weight excluding hydrogens is 364 g/mol. The third-order valence-electron chi connectivity index (χ3n) is 5.95. The van der Waals surface area contributed by atoms with Crippen LogP contribution < -0.4 is 5.32 Å². The number of nitrogens with one attached hydrogen (secondary N) is 1. The first-order valence-corrected chi connectivity index (χ1v) is 10.1. The van der Waals surface area contributed by atoms with Gasteiger partial charge < -0.3 is 10.2 Å². The van der Waals surface area contributed by atoms with Crippen LogP contribution in [0, 0.1) is 13.8 Å². The number of carbonyl (C=O) groups excluding carboxylic acids is 1. The standard InChI is InChI=1S/C22H24N6O/c1-14-12-15(2)25-22(24-14)26-18-13-16-8-9-20(18)28(16)21(29)17-6-3-4-7-19(17)27-11-5-10-23-27/h3-7,10-12,16,18,20H,8-9,13H2,1-2H3,(H,24,25,26). The molecule has 5 rings (SSSR count). The maximum atomic E-state index is 13.6. The van der Waals surface area contributed by atoms with Crippen LogP contribution in [-0.2, 0) is 0 Å². The van der Waals surface area contributed by atoms with Crippen molar-refractivity contribution >= 4 is 11.9 Å². The Kier molecular flexibility index (Phi) is 4.30. The Morgan fingerprint density at radius 1 is 1.10 bits per heavy atom. The molecule has 1 amide bonds. The van der Waals surface area contributed by atoms with Crippen molar-refractivity contribution in [2.75, 3.05) is 5.32 Å². The molecule has 1 N–H and O–H groups in total. The number of nitrogens with zero attached hydrogens (tertiary/aromatic N) is 5. The minimum atomic E-state index is 0.0780. The first kappa shape index (κ1) is 17.8. The van der Waals surface area contributed by atoms with Crippen molar-refractivity contribution < 1.29 is 4.79 Å². The molecule has 2 fully saturated rings. The predicted octanol–water partition coefficient (Wildman–Crippen LogP) is 3.14. The van der Waals surface area contributed by atoms with Gasteiger partial charge in [-0.2, -0.15) is 5.10 Å². The summed E-state index contributed by atoms with van der Waals surface area (Å²) in [5.41, 5.74) is 3.40. The van der Waals surface area contributed by atoms with Gasteiger partial charge in [0.15, 0.2) is 0 Å². The summed E-state index contributed by atoms with van der Waals surface area (Å²) in [5.74, 6) is 0.735. The fourth-order valence-electron chi connectivity index (χ4n) is 4.82. The maximum Gasteiger partial charge on any atom is 0.256 e. The summed E-state index contributed by atoms with van der Waals surface area (Å²) in [6, 6.07) is 12.1. The van der Waals surface area contributed by atoms with E-state index < -0.39 is 0 Å². The number of benzene rings is 1. The third kappa shape index (κ3) is 3.16. The van der Waals surface area contributed by atoms with Crippen molar-refractivity contribution in [3.05, 3.63) is 65.7 Å². The minimum absolute atomic E-state index is 0.0780. The monoisotopic (exact) mass is 388 g/mol. The summed E-state index contributed by atoms with van der Waals surface area (Å²) >= 11 is 0. The van der Waals surface area contributed by atoms with Crippen LogP contribution in [-0.4, -0.2) is 48.7 Å². The molecule has 0 radical (unpaired) electrons. The summed E-state index contributed by atoms with van der Waals surface area (Å²) in [4.78, 5) is 24.7. The van der Waals surface area contributed by atoms with E-state index in [1.807, 2.05) is 56.4 Å². The first-order valence-electron chi connectivity index (χ1n) is 10.1. The lowest BCUT2D eigenvalue weighted by Crippen LogP contribution is -2.40. The third-order valence-corrected chi connectivity index (χ3v) is 5.95. The maximum absolute atomic E-state index is 13.6. The lowest BCUT2D eigenvalue weighted by Gasteiger charge is -2.26. The lowest BCUT2D eigenvalue weighted by molar-refractivity contribution is 0.0727. The molecule has 29 heavy (non-hydrogen) atoms. The Morgan fingerprint density at radius 3 is 2.66 bits per heavy atom. The Morgan fingerprint density at radius 2 is 1.90 bits per heavy atom. The second-order valence-corrected chi connectivity index (χ2v) is 7.94. The molecule has 7 nitrogen and oxygen atoms in total. The number of rotatable bonds is 4. The second-order valence-electron chi connectivity index (χ2n) is 7.94. The van der Waals surface area contributed by atoms with E-state index in [1.165, 1.54) is 0 Å². The molecule has 2 aliphatic rings. The summed E-state index contributed by atoms with van der Waals surface area (Å²) in [7, 11) is 0. The minimum Gasteiger partial charge on any atom is -0.349 e. The highest BCUT2D eigenvalue weighted by atomic mass is 16.2. The van der Waals surface area contributed by atoms with E-state index in [0.717, 1.165) is 36.3 Å². The molecule has 148 valence electrons. The zero-order valence-corrected chi connectivity index (χ0v) is 16.6. The van der Waals surface area contributed by atoms with E-state index in [0.29, 0.717) is 11.5 Å². The van der Waals surface area contributed by atoms with E-state index in [9.17, 15) is 4.79 Å². The smallest absolute Gasteiger partial charge is 0.256 e. The number of hydrogen-bond acceptors (Lipinski definition) is 5. The van der Waals surface area contributed by atoms with E-state index >= 15 is 0 Å². The Hall–Kier alpha value is -3.22. The molecule has 0 aliphatic carbocycles. The van der Waals surface area contributed by atoms with Crippen LogP contribution in [0.15, 0.2) is 48.8 Å². The van der Waals surface area contributed by atoms with Gasteiger partial charge in [0.25, 0.3) is 5.91 Å². The Bertz CT molecular complexity index is 1030. The first-order chi connectivity index (χ1) is 14.1. The Balaban J connectivity index is 1.41. The number of para-hydroxylation sites is 1. The molecule has 0 spiro atoms. The summed E-state index contributed by atoms with van der Waals surface area (Å²) in [6.07, 6.45) is 6.57. The quantitative estimate of drug-likeness (QED) is 0.743. The zero-order valence-electron chi connectivity index (χ0n) is 16.6. The van der Waals surface area contributed by atoms with Gasteiger partial charge >= 0.3 is 0 Å². The molecule has 2 saturated heterocycles. The fourth-order valence-corrected chi connectivity index (χ4v) is 4.82. The molecule has 2 aromatic heterocycles. The van der Waals surface area contributed by atoms with Crippen molar-refractivity contribution in [1.29, 1.82) is 0 Å². The fraction of sp³-hybridized carbons (Fsp3) is 0.364. The van der Waals surface area contributed by atoms with E-state index in [-0.39, 0.29) is 24.0 Å². The molecule has 3 unspecified atom stereocenters. The van der Waals surface area contributed by atoms with Crippen molar-refractivity contribution in [2.45, 2.75) is 51.2 Å². The highest BCUT2D eigenvalue weighted by molar-refractivity contribution is 5.98. The highest BCUT2D eigenvalue weighted by Gasteiger charge is 2.49. The van der Waals surface area contributed by atoms with Crippen LogP contribution in [0.4, 0.5) is 5.95 Å². The summed E-state index contributed by atoms with van der Waals surface area (Å²) < 4.78 is 1.75. The van der Waals surface area contributed by atoms with Gasteiger partial charge in [-0.3, -0.25) is 4.79 Å². The van der Waals surface area contributed by atoms with Crippen molar-refractivity contribution in [3.8, 4) is 5.69 Å². The van der Waals surface area contributed by atoms with Gasteiger partial charge in [-0.15, -0.1) is 0 Å². The van der Waals surface area contributed by atoms with E-state index in [4.69, 9.17) is 0 Å². The van der Waals surface area contributed by atoms with E-state index in [1.54, 1.807) is 10.9 Å². The van der Waals surface area contributed by atoms with Gasteiger partial charge in [0.05, 0.1) is 23.3 Å². The molecule has 3 aromatic rings. The SMILES string of the molecule is Cc1cc(C)nc(NC2CC3CCC2N3C(=O)c2ccccc2-n2cccn2)n1. The Labute approximate surface area is 169 Å². The van der Waals surface area contributed by atoms with Crippen molar-refractivity contribution in [2.24, 2.45) is 0 Å². The number of aromatic nitrogens is 4. The normalized spacial score (nSPS) is 22.8. The average Bonchev–Trinajstić information content (AvgIpc) is 3.43. The number of carbonyl (C=O) groups is 1. The number of hydrogen-bond donors (Lipinski definition) is 1. The molecule has 7 heteroatoms. The van der Waals surface area contributed by atoms with Crippen LogP contribution in [0.3, 0.4) is 0 Å². The van der Waals surface area contributed by atoms with Gasteiger partial charge in [0.2, 0.25) is 5.95 Å². The number of fused-ring (bicyclic) bond motifs is 2. The summed E-state index contributed by atoms with van der Waals surface area (Å²) in [5, 5.41) is 7.81. The highest BCUT2D eigenvalue weighted by Crippen LogP contribution is 2.40. The number of anilines is 1. The molecule has 3 atom stereocenters. The largest absolute Gasteiger partial charge is 0.349 e. The summed E-state index contributed by atoms with van der Waals surface area (Å²) in [6.45, 7) is 3.95. The van der Waals surface area contributed by atoms with Crippen LogP contribution in [0.5, 0.6) is 0 Å². The molecule has 1 aromatic carbocycles. The van der Waals surface area contributed by atoms with Gasteiger partial charge in [0.1, 0.15) is 0 Å². The molecule has 2 bridgehead atoms. The molecular formula is C22H24N6O. The zero-order chi connectivity index (χ0) is 20.0. The van der Waals surface area contributed by atoms with Gasteiger partial charge in [-0.1, -0.05) is 12.1 Å².